The van der Waals surface area contributed by atoms with Crippen molar-refractivity contribution in [2.24, 2.45) is 5.18 Å². The van der Waals surface area contributed by atoms with Crippen molar-refractivity contribution in [3.05, 3.63) is 46.6 Å². The number of rotatable bonds is 2. The fourth-order valence-electron chi connectivity index (χ4n) is 1.66. The van der Waals surface area contributed by atoms with Crippen molar-refractivity contribution >= 4 is 22.1 Å². The highest BCUT2D eigenvalue weighted by Gasteiger charge is 2.15. The zero-order valence-corrected chi connectivity index (χ0v) is 9.32. The van der Waals surface area contributed by atoms with Crippen molar-refractivity contribution in [1.29, 1.82) is 0 Å². The van der Waals surface area contributed by atoms with Gasteiger partial charge in [0.1, 0.15) is 11.5 Å². The van der Waals surface area contributed by atoms with Crippen LogP contribution in [-0.4, -0.2) is 9.38 Å². The van der Waals surface area contributed by atoms with Crippen molar-refractivity contribution in [2.75, 3.05) is 0 Å². The lowest BCUT2D eigenvalue weighted by Crippen LogP contribution is -1.80. The standard InChI is InChI=1S/C11H6FN3OS/c12-8-3-1-7(2-4-8)9-10(14-16)15-5-6-17-11(15)13-9/h1-6H. The highest BCUT2D eigenvalue weighted by atomic mass is 32.1. The Bertz CT molecular complexity index is 686. The van der Waals surface area contributed by atoms with E-state index in [4.69, 9.17) is 0 Å². The number of hydrogen-bond acceptors (Lipinski definition) is 4. The number of imidazole rings is 1. The number of nitrogens with zero attached hydrogens (tertiary/aromatic N) is 3. The van der Waals surface area contributed by atoms with Gasteiger partial charge in [-0.3, -0.25) is 4.40 Å². The number of thiazole rings is 1. The van der Waals surface area contributed by atoms with Crippen molar-refractivity contribution < 1.29 is 4.39 Å². The molecule has 2 heterocycles. The summed E-state index contributed by atoms with van der Waals surface area (Å²) in [4.78, 5) is 15.9. The average molecular weight is 247 g/mol. The van der Waals surface area contributed by atoms with Gasteiger partial charge in [-0.05, 0) is 29.4 Å². The van der Waals surface area contributed by atoms with E-state index in [0.29, 0.717) is 16.2 Å². The van der Waals surface area contributed by atoms with Gasteiger partial charge < -0.3 is 0 Å². The highest BCUT2D eigenvalue weighted by Crippen LogP contribution is 2.32. The molecule has 0 bridgehead atoms. The maximum absolute atomic E-state index is 12.8. The molecule has 84 valence electrons. The SMILES string of the molecule is O=Nc1c(-c2ccc(F)cc2)nc2sccn12. The van der Waals surface area contributed by atoms with Gasteiger partial charge in [0, 0.05) is 17.1 Å². The second-order valence-corrected chi connectivity index (χ2v) is 4.31. The Labute approximate surface area is 99.3 Å². The van der Waals surface area contributed by atoms with Crippen molar-refractivity contribution in [1.82, 2.24) is 9.38 Å². The van der Waals surface area contributed by atoms with Gasteiger partial charge in [-0.25, -0.2) is 9.37 Å². The summed E-state index contributed by atoms with van der Waals surface area (Å²) in [7, 11) is 0. The zero-order chi connectivity index (χ0) is 11.8. The van der Waals surface area contributed by atoms with Crippen LogP contribution in [0, 0.1) is 10.7 Å². The van der Waals surface area contributed by atoms with E-state index in [2.05, 4.69) is 10.2 Å². The van der Waals surface area contributed by atoms with Crippen LogP contribution in [0.25, 0.3) is 16.2 Å². The highest BCUT2D eigenvalue weighted by molar-refractivity contribution is 7.15. The molecule has 0 atom stereocenters. The summed E-state index contributed by atoms with van der Waals surface area (Å²) in [6, 6.07) is 5.82. The lowest BCUT2D eigenvalue weighted by molar-refractivity contribution is 0.628. The normalized spacial score (nSPS) is 10.9. The van der Waals surface area contributed by atoms with E-state index in [0.717, 1.165) is 0 Å². The van der Waals surface area contributed by atoms with Gasteiger partial charge in [-0.2, -0.15) is 0 Å². The van der Waals surface area contributed by atoms with Gasteiger partial charge in [0.25, 0.3) is 0 Å². The lowest BCUT2D eigenvalue weighted by atomic mass is 10.1. The van der Waals surface area contributed by atoms with Crippen molar-refractivity contribution in [3.63, 3.8) is 0 Å². The summed E-state index contributed by atoms with van der Waals surface area (Å²) >= 11 is 1.41. The third-order valence-electron chi connectivity index (χ3n) is 2.44. The summed E-state index contributed by atoms with van der Waals surface area (Å²) < 4.78 is 14.4. The lowest BCUT2D eigenvalue weighted by Gasteiger charge is -1.96. The molecule has 0 aliphatic heterocycles. The molecule has 0 amide bonds. The molecule has 0 radical (unpaired) electrons. The predicted octanol–water partition coefficient (Wildman–Crippen LogP) is 3.60. The van der Waals surface area contributed by atoms with E-state index in [1.807, 2.05) is 5.38 Å². The Morgan fingerprint density at radius 3 is 2.76 bits per heavy atom. The molecule has 0 aliphatic rings. The second-order valence-electron chi connectivity index (χ2n) is 3.44. The first-order valence-electron chi connectivity index (χ1n) is 4.84. The van der Waals surface area contributed by atoms with Crippen LogP contribution in [0.1, 0.15) is 0 Å². The molecule has 0 unspecified atom stereocenters. The van der Waals surface area contributed by atoms with E-state index in [1.165, 1.54) is 23.5 Å². The van der Waals surface area contributed by atoms with E-state index in [1.54, 1.807) is 22.7 Å². The molecule has 1 aromatic carbocycles. The maximum atomic E-state index is 12.8. The molecule has 6 heteroatoms. The Hall–Kier alpha value is -2.08. The molecule has 0 aliphatic carbocycles. The van der Waals surface area contributed by atoms with E-state index >= 15 is 0 Å². The Morgan fingerprint density at radius 2 is 2.06 bits per heavy atom. The van der Waals surface area contributed by atoms with Crippen LogP contribution in [0.5, 0.6) is 0 Å². The molecule has 0 saturated heterocycles. The van der Waals surface area contributed by atoms with Crippen LogP contribution in [0.3, 0.4) is 0 Å². The average Bonchev–Trinajstić information content (AvgIpc) is 2.89. The van der Waals surface area contributed by atoms with Crippen LogP contribution >= 0.6 is 11.3 Å². The second kappa shape index (κ2) is 3.74. The van der Waals surface area contributed by atoms with Gasteiger partial charge >= 0.3 is 0 Å². The first-order chi connectivity index (χ1) is 8.29. The van der Waals surface area contributed by atoms with Crippen LogP contribution in [0.4, 0.5) is 10.2 Å². The molecule has 0 spiro atoms. The summed E-state index contributed by atoms with van der Waals surface area (Å²) in [6.07, 6.45) is 1.73. The molecule has 0 N–H and O–H groups in total. The topological polar surface area (TPSA) is 46.7 Å². The van der Waals surface area contributed by atoms with Gasteiger partial charge in [-0.15, -0.1) is 16.2 Å². The van der Waals surface area contributed by atoms with Crippen LogP contribution in [0.15, 0.2) is 41.0 Å². The third kappa shape index (κ3) is 1.53. The molecule has 0 fully saturated rings. The summed E-state index contributed by atoms with van der Waals surface area (Å²) in [5.41, 5.74) is 1.16. The van der Waals surface area contributed by atoms with Crippen LogP contribution < -0.4 is 0 Å². The molecule has 4 nitrogen and oxygen atoms in total. The Morgan fingerprint density at radius 1 is 1.29 bits per heavy atom. The summed E-state index contributed by atoms with van der Waals surface area (Å²) in [5, 5.41) is 4.82. The number of hydrogen-bond donors (Lipinski definition) is 0. The fourth-order valence-corrected chi connectivity index (χ4v) is 2.37. The van der Waals surface area contributed by atoms with E-state index in [-0.39, 0.29) is 11.6 Å². The van der Waals surface area contributed by atoms with Gasteiger partial charge in [-0.1, -0.05) is 0 Å². The first kappa shape index (κ1) is 10.1. The number of benzene rings is 1. The number of nitroso groups, excluding NO2 is 1. The van der Waals surface area contributed by atoms with Crippen molar-refractivity contribution in [3.8, 4) is 11.3 Å². The zero-order valence-electron chi connectivity index (χ0n) is 8.50. The first-order valence-corrected chi connectivity index (χ1v) is 5.72. The quantitative estimate of drug-likeness (QED) is 0.649. The minimum absolute atomic E-state index is 0.243. The number of fused-ring (bicyclic) bond motifs is 1. The smallest absolute Gasteiger partial charge is 0.210 e. The Kier molecular flexibility index (Phi) is 2.22. The summed E-state index contributed by atoms with van der Waals surface area (Å²) in [5.74, 6) is -0.0803. The van der Waals surface area contributed by atoms with Crippen LogP contribution in [0.2, 0.25) is 0 Å². The third-order valence-corrected chi connectivity index (χ3v) is 3.20. The molecule has 3 rings (SSSR count). The molecular weight excluding hydrogens is 241 g/mol. The number of aromatic nitrogens is 2. The van der Waals surface area contributed by atoms with Gasteiger partial charge in [0.2, 0.25) is 5.82 Å². The largest absolute Gasteiger partial charge is 0.272 e. The monoisotopic (exact) mass is 247 g/mol. The molecule has 3 aromatic rings. The van der Waals surface area contributed by atoms with Gasteiger partial charge in [0.05, 0.1) is 0 Å². The van der Waals surface area contributed by atoms with E-state index in [9.17, 15) is 9.30 Å². The maximum Gasteiger partial charge on any atom is 0.210 e. The molecule has 0 saturated carbocycles. The van der Waals surface area contributed by atoms with Crippen molar-refractivity contribution in [2.45, 2.75) is 0 Å². The predicted molar refractivity (Wildman–Crippen MR) is 63.9 cm³/mol. The van der Waals surface area contributed by atoms with Gasteiger partial charge in [0.15, 0.2) is 4.96 Å². The fraction of sp³-hybridized carbons (Fsp3) is 0. The van der Waals surface area contributed by atoms with Crippen LogP contribution in [-0.2, 0) is 0 Å². The minimum Gasteiger partial charge on any atom is -0.272 e. The minimum atomic E-state index is -0.324. The Balaban J connectivity index is 2.25. The van der Waals surface area contributed by atoms with E-state index < -0.39 is 0 Å². The molecule has 17 heavy (non-hydrogen) atoms. The molecular formula is C11H6FN3OS. The number of halogens is 1. The molecule has 2 aromatic heterocycles. The summed E-state index contributed by atoms with van der Waals surface area (Å²) in [6.45, 7) is 0.